The number of imidazole rings is 1. The smallest absolute Gasteiger partial charge is 0.297 e. The molecule has 0 saturated heterocycles. The first kappa shape index (κ1) is 15.8. The van der Waals surface area contributed by atoms with Crippen LogP contribution in [0.4, 0.5) is 0 Å². The van der Waals surface area contributed by atoms with E-state index in [9.17, 15) is 0 Å². The minimum Gasteiger partial charge on any atom is -0.441 e. The highest BCUT2D eigenvalue weighted by Gasteiger charge is 2.29. The monoisotopic (exact) mass is 354 g/mol. The van der Waals surface area contributed by atoms with Crippen LogP contribution >= 0.6 is 0 Å². The van der Waals surface area contributed by atoms with Crippen LogP contribution in [0.25, 0.3) is 39.2 Å². The maximum Gasteiger partial charge on any atom is 0.297 e. The van der Waals surface area contributed by atoms with Crippen molar-refractivity contribution in [2.45, 2.75) is 13.8 Å². The Morgan fingerprint density at radius 3 is 2.44 bits per heavy atom. The third-order valence-corrected chi connectivity index (χ3v) is 5.13. The number of para-hydroxylation sites is 3. The van der Waals surface area contributed by atoms with Crippen molar-refractivity contribution in [2.24, 2.45) is 7.05 Å². The summed E-state index contributed by atoms with van der Waals surface area (Å²) in [4.78, 5) is 4.70. The highest BCUT2D eigenvalue weighted by molar-refractivity contribution is 5.92. The van der Waals surface area contributed by atoms with E-state index in [0.717, 1.165) is 33.7 Å². The number of hydrogen-bond acceptors (Lipinski definition) is 2. The van der Waals surface area contributed by atoms with Crippen molar-refractivity contribution in [1.29, 1.82) is 0 Å². The first-order chi connectivity index (χ1) is 13.1. The van der Waals surface area contributed by atoms with Crippen molar-refractivity contribution in [3.63, 3.8) is 0 Å². The Balaban J connectivity index is 1.99. The molecule has 0 bridgehead atoms. The van der Waals surface area contributed by atoms with E-state index in [-0.39, 0.29) is 0 Å². The van der Waals surface area contributed by atoms with Crippen LogP contribution in [0.2, 0.25) is 0 Å². The van der Waals surface area contributed by atoms with Crippen LogP contribution in [0.15, 0.2) is 71.1 Å². The summed E-state index contributed by atoms with van der Waals surface area (Å²) in [5.74, 6) is 1.78. The molecule has 5 aromatic rings. The van der Waals surface area contributed by atoms with Crippen LogP contribution < -0.4 is 4.57 Å². The summed E-state index contributed by atoms with van der Waals surface area (Å²) in [6.45, 7) is 4.03. The molecule has 0 fully saturated rings. The molecule has 5 rings (SSSR count). The second-order valence-corrected chi connectivity index (χ2v) is 6.88. The molecule has 0 aliphatic carbocycles. The zero-order chi connectivity index (χ0) is 18.5. The second kappa shape index (κ2) is 5.81. The number of fused-ring (bicyclic) bond motifs is 2. The second-order valence-electron chi connectivity index (χ2n) is 6.88. The van der Waals surface area contributed by atoms with Crippen molar-refractivity contribution >= 4 is 22.1 Å². The normalized spacial score (nSPS) is 11.5. The van der Waals surface area contributed by atoms with Gasteiger partial charge in [0.2, 0.25) is 0 Å². The summed E-state index contributed by atoms with van der Waals surface area (Å²) in [7, 11) is 2.11. The van der Waals surface area contributed by atoms with E-state index in [1.54, 1.807) is 0 Å². The highest BCUT2D eigenvalue weighted by atomic mass is 16.3. The van der Waals surface area contributed by atoms with Gasteiger partial charge in [-0.05, 0) is 42.8 Å². The largest absolute Gasteiger partial charge is 0.441 e. The van der Waals surface area contributed by atoms with Gasteiger partial charge in [-0.15, -0.1) is 0 Å². The first-order valence-corrected chi connectivity index (χ1v) is 9.07. The number of aromatic nitrogens is 3. The minimum absolute atomic E-state index is 0.682. The fourth-order valence-electron chi connectivity index (χ4n) is 3.92. The van der Waals surface area contributed by atoms with Crippen molar-refractivity contribution in [3.05, 3.63) is 78.2 Å². The lowest BCUT2D eigenvalue weighted by Crippen LogP contribution is -2.30. The van der Waals surface area contributed by atoms with Gasteiger partial charge in [0.15, 0.2) is 22.5 Å². The van der Waals surface area contributed by atoms with E-state index in [1.807, 2.05) is 19.1 Å². The maximum atomic E-state index is 5.81. The summed E-state index contributed by atoms with van der Waals surface area (Å²) in [5, 5.41) is 0. The van der Waals surface area contributed by atoms with Crippen molar-refractivity contribution in [2.75, 3.05) is 0 Å². The zero-order valence-corrected chi connectivity index (χ0v) is 15.6. The predicted octanol–water partition coefficient (Wildman–Crippen LogP) is 4.88. The molecule has 0 radical (unpaired) electrons. The Bertz CT molecular complexity index is 1300. The van der Waals surface area contributed by atoms with Gasteiger partial charge in [-0.3, -0.25) is 0 Å². The van der Waals surface area contributed by atoms with E-state index >= 15 is 0 Å². The maximum absolute atomic E-state index is 5.81. The summed E-state index contributed by atoms with van der Waals surface area (Å²) < 4.78 is 10.4. The lowest BCUT2D eigenvalue weighted by Gasteiger charge is -2.06. The summed E-state index contributed by atoms with van der Waals surface area (Å²) in [6, 6.07) is 23.0. The van der Waals surface area contributed by atoms with Crippen LogP contribution in [0, 0.1) is 13.8 Å². The van der Waals surface area contributed by atoms with Gasteiger partial charge in [-0.2, -0.15) is 4.57 Å². The molecule has 0 atom stereocenters. The number of oxazole rings is 1. The third-order valence-electron chi connectivity index (χ3n) is 5.13. The molecule has 3 aromatic carbocycles. The number of rotatable bonds is 2. The Kier molecular flexibility index (Phi) is 3.41. The average Bonchev–Trinajstić information content (AvgIpc) is 3.20. The van der Waals surface area contributed by atoms with Crippen LogP contribution in [0.3, 0.4) is 0 Å². The molecule has 0 spiro atoms. The Hall–Kier alpha value is -3.40. The third kappa shape index (κ3) is 2.30. The summed E-state index contributed by atoms with van der Waals surface area (Å²) in [5.41, 5.74) is 7.46. The van der Waals surface area contributed by atoms with Gasteiger partial charge in [-0.25, -0.2) is 9.55 Å². The van der Waals surface area contributed by atoms with Crippen molar-refractivity contribution in [3.8, 4) is 17.1 Å². The Morgan fingerprint density at radius 2 is 1.63 bits per heavy atom. The van der Waals surface area contributed by atoms with Crippen LogP contribution in [0.5, 0.6) is 0 Å². The molecule has 27 heavy (non-hydrogen) atoms. The van der Waals surface area contributed by atoms with Gasteiger partial charge < -0.3 is 4.42 Å². The Labute approximate surface area is 157 Å². The standard InChI is InChI=1S/C23H20N3O/c1-15-13-14-20-22(24-16(2)27-20)21(15)23-25(3)18-11-7-8-12-19(18)26(23)17-9-5-4-6-10-17/h4-14H,1-3H3/q+1. The minimum atomic E-state index is 0.682. The van der Waals surface area contributed by atoms with E-state index in [1.165, 1.54) is 11.1 Å². The van der Waals surface area contributed by atoms with Gasteiger partial charge in [0.05, 0.1) is 12.6 Å². The van der Waals surface area contributed by atoms with Crippen molar-refractivity contribution < 1.29 is 8.98 Å². The molecule has 0 unspecified atom stereocenters. The fraction of sp³-hybridized carbons (Fsp3) is 0.130. The highest BCUT2D eigenvalue weighted by Crippen LogP contribution is 2.34. The van der Waals surface area contributed by atoms with E-state index in [0.29, 0.717) is 5.89 Å². The van der Waals surface area contributed by atoms with Crippen molar-refractivity contribution in [1.82, 2.24) is 9.55 Å². The SMILES string of the molecule is Cc1nc2c(-c3n(-c4ccccc4)c4ccccc4[n+]3C)c(C)ccc2o1. The number of benzene rings is 3. The number of nitrogens with zero attached hydrogens (tertiary/aromatic N) is 3. The quantitative estimate of drug-likeness (QED) is 0.424. The molecule has 0 N–H and O–H groups in total. The predicted molar refractivity (Wildman–Crippen MR) is 107 cm³/mol. The van der Waals surface area contributed by atoms with E-state index < -0.39 is 0 Å². The van der Waals surface area contributed by atoms with Crippen LogP contribution in [-0.4, -0.2) is 9.55 Å². The average molecular weight is 354 g/mol. The topological polar surface area (TPSA) is 34.8 Å². The molecule has 0 aliphatic heterocycles. The fourth-order valence-corrected chi connectivity index (χ4v) is 3.92. The van der Waals surface area contributed by atoms with Gasteiger partial charge >= 0.3 is 0 Å². The molecule has 0 aliphatic rings. The van der Waals surface area contributed by atoms with E-state index in [4.69, 9.17) is 9.40 Å². The molecule has 0 amide bonds. The molecule has 4 nitrogen and oxygen atoms in total. The zero-order valence-electron chi connectivity index (χ0n) is 15.6. The molecule has 2 aromatic heterocycles. The molecule has 0 saturated carbocycles. The number of hydrogen-bond donors (Lipinski definition) is 0. The van der Waals surface area contributed by atoms with Crippen LogP contribution in [-0.2, 0) is 7.05 Å². The lowest BCUT2D eigenvalue weighted by atomic mass is 10.1. The van der Waals surface area contributed by atoms with Gasteiger partial charge in [0.25, 0.3) is 5.82 Å². The van der Waals surface area contributed by atoms with Gasteiger partial charge in [0.1, 0.15) is 11.2 Å². The van der Waals surface area contributed by atoms with E-state index in [2.05, 4.69) is 77.7 Å². The summed E-state index contributed by atoms with van der Waals surface area (Å²) in [6.07, 6.45) is 0. The molecule has 2 heterocycles. The van der Waals surface area contributed by atoms with Crippen LogP contribution in [0.1, 0.15) is 11.5 Å². The Morgan fingerprint density at radius 1 is 0.889 bits per heavy atom. The van der Waals surface area contributed by atoms with Gasteiger partial charge in [0, 0.05) is 6.92 Å². The summed E-state index contributed by atoms with van der Waals surface area (Å²) >= 11 is 0. The lowest BCUT2D eigenvalue weighted by molar-refractivity contribution is -0.633. The molecular formula is C23H20N3O+. The first-order valence-electron chi connectivity index (χ1n) is 9.07. The molecule has 4 heteroatoms. The van der Waals surface area contributed by atoms with Gasteiger partial charge in [-0.1, -0.05) is 36.4 Å². The number of aryl methyl sites for hydroxylation is 3. The molecule has 132 valence electrons. The molecular weight excluding hydrogens is 334 g/mol.